The van der Waals surface area contributed by atoms with Gasteiger partial charge in [0, 0.05) is 5.33 Å². The molecule has 1 radical (unpaired) electrons. The number of hydrogen-bond donors (Lipinski definition) is 4. The molecule has 2 rings (SSSR count). The smallest absolute Gasteiger partial charge is 0.482 e. The molecule has 107 valence electrons. The summed E-state index contributed by atoms with van der Waals surface area (Å²) in [5.41, 5.74) is 1.40. The Morgan fingerprint density at radius 1 is 0.800 bits per heavy atom. The van der Waals surface area contributed by atoms with Gasteiger partial charge < -0.3 is 20.3 Å². The molecule has 0 amide bonds. The number of alkyl halides is 1. The lowest BCUT2D eigenvalue weighted by atomic mass is 10.2. The van der Waals surface area contributed by atoms with Gasteiger partial charge in [0.15, 0.2) is 11.5 Å². The Balaban J connectivity index is 0.000000304. The summed E-state index contributed by atoms with van der Waals surface area (Å²) in [4.78, 5) is 0. The van der Waals surface area contributed by atoms with E-state index in [1.807, 2.05) is 6.07 Å². The fourth-order valence-corrected chi connectivity index (χ4v) is 1.68. The average molecular weight is 340 g/mol. The maximum Gasteiger partial charge on any atom is 0.482 e. The third kappa shape index (κ3) is 9.44. The maximum absolute atomic E-state index is 8.67. The van der Waals surface area contributed by atoms with Crippen molar-refractivity contribution in [2.45, 2.75) is 6.42 Å². The molecule has 4 nitrogen and oxygen atoms in total. The number of aromatic hydroxyl groups is 2. The second kappa shape index (κ2) is 12.5. The van der Waals surface area contributed by atoms with Gasteiger partial charge in [-0.25, -0.2) is 0 Å². The Morgan fingerprint density at radius 2 is 1.20 bits per heavy atom. The van der Waals surface area contributed by atoms with Crippen LogP contribution in [0.4, 0.5) is 0 Å². The molecule has 4 N–H and O–H groups in total. The molecule has 0 atom stereocenters. The second-order valence-corrected chi connectivity index (χ2v) is 4.32. The van der Waals surface area contributed by atoms with Gasteiger partial charge in [0.2, 0.25) is 0 Å². The molecule has 0 aliphatic heterocycles. The van der Waals surface area contributed by atoms with E-state index in [4.69, 9.17) is 20.3 Å². The number of para-hydroxylation sites is 2. The van der Waals surface area contributed by atoms with E-state index in [-0.39, 0.29) is 19.2 Å². The number of rotatable bonds is 2. The lowest BCUT2D eigenvalue weighted by molar-refractivity contribution is 0.404. The first-order valence-electron chi connectivity index (χ1n) is 5.82. The topological polar surface area (TPSA) is 80.9 Å². The van der Waals surface area contributed by atoms with E-state index in [0.29, 0.717) is 0 Å². The molecule has 0 heterocycles. The minimum Gasteiger partial charge on any atom is -0.504 e. The highest BCUT2D eigenvalue weighted by molar-refractivity contribution is 9.09. The number of halogens is 1. The molecule has 0 unspecified atom stereocenters. The molecule has 6 heteroatoms. The van der Waals surface area contributed by atoms with E-state index in [1.165, 1.54) is 17.7 Å². The first-order chi connectivity index (χ1) is 9.65. The molecule has 0 spiro atoms. The summed E-state index contributed by atoms with van der Waals surface area (Å²) in [6.45, 7) is 0. The summed E-state index contributed by atoms with van der Waals surface area (Å²) in [6.07, 6.45) is 1.13. The Hall–Kier alpha value is -1.50. The molecule has 20 heavy (non-hydrogen) atoms. The zero-order valence-corrected chi connectivity index (χ0v) is 12.4. The standard InChI is InChI=1S/C8H9Br.C6H6O2.BH2O2/c9-7-6-8-4-2-1-3-5-8;7-5-3-1-2-4-6(5)8;2-1-3/h1-5H,6-7H2;1-4,7-8H;2-3H. The van der Waals surface area contributed by atoms with Gasteiger partial charge in [0.25, 0.3) is 0 Å². The molecule has 0 aliphatic rings. The van der Waals surface area contributed by atoms with Crippen LogP contribution >= 0.6 is 15.9 Å². The largest absolute Gasteiger partial charge is 0.504 e. The van der Waals surface area contributed by atoms with Gasteiger partial charge in [-0.15, -0.1) is 0 Å². The summed E-state index contributed by atoms with van der Waals surface area (Å²) in [7, 11) is 0. The quantitative estimate of drug-likeness (QED) is 0.384. The summed E-state index contributed by atoms with van der Waals surface area (Å²) < 4.78 is 0. The number of aryl methyl sites for hydroxylation is 1. The van der Waals surface area contributed by atoms with E-state index in [1.54, 1.807) is 12.1 Å². The van der Waals surface area contributed by atoms with Gasteiger partial charge in [-0.3, -0.25) is 0 Å². The number of phenolic OH excluding ortho intramolecular Hbond substituents is 2. The molecular formula is C14H17BBrO4. The van der Waals surface area contributed by atoms with Crippen molar-refractivity contribution < 1.29 is 20.3 Å². The number of phenols is 2. The van der Waals surface area contributed by atoms with E-state index >= 15 is 0 Å². The van der Waals surface area contributed by atoms with Crippen molar-refractivity contribution >= 4 is 23.6 Å². The van der Waals surface area contributed by atoms with Crippen LogP contribution in [-0.4, -0.2) is 33.3 Å². The number of benzene rings is 2. The van der Waals surface area contributed by atoms with Crippen molar-refractivity contribution in [1.29, 1.82) is 0 Å². The molecule has 2 aromatic carbocycles. The van der Waals surface area contributed by atoms with Crippen molar-refractivity contribution in [3.8, 4) is 11.5 Å². The van der Waals surface area contributed by atoms with Crippen LogP contribution in [0.2, 0.25) is 0 Å². The van der Waals surface area contributed by atoms with Crippen LogP contribution < -0.4 is 0 Å². The Morgan fingerprint density at radius 3 is 1.55 bits per heavy atom. The minimum atomic E-state index is -0.0764. The third-order valence-electron chi connectivity index (χ3n) is 2.11. The third-order valence-corrected chi connectivity index (χ3v) is 2.50. The first kappa shape index (κ1) is 18.5. The molecule has 0 fully saturated rings. The maximum atomic E-state index is 8.67. The van der Waals surface area contributed by atoms with E-state index in [0.717, 1.165) is 11.8 Å². The van der Waals surface area contributed by atoms with E-state index in [9.17, 15) is 0 Å². The first-order valence-corrected chi connectivity index (χ1v) is 6.94. The Bertz CT molecular complexity index is 433. The monoisotopic (exact) mass is 339 g/mol. The van der Waals surface area contributed by atoms with Crippen molar-refractivity contribution in [3.63, 3.8) is 0 Å². The van der Waals surface area contributed by atoms with Gasteiger partial charge in [-0.1, -0.05) is 58.4 Å². The van der Waals surface area contributed by atoms with Crippen LogP contribution in [0.15, 0.2) is 54.6 Å². The molecule has 0 bridgehead atoms. The molecular weight excluding hydrogens is 323 g/mol. The summed E-state index contributed by atoms with van der Waals surface area (Å²) in [6, 6.07) is 16.6. The van der Waals surface area contributed by atoms with Gasteiger partial charge in [0.1, 0.15) is 0 Å². The van der Waals surface area contributed by atoms with Crippen molar-refractivity contribution in [3.05, 3.63) is 60.2 Å². The molecule has 2 aromatic rings. The summed E-state index contributed by atoms with van der Waals surface area (Å²) in [5, 5.41) is 32.4. The van der Waals surface area contributed by atoms with Gasteiger partial charge >= 0.3 is 7.69 Å². The van der Waals surface area contributed by atoms with E-state index < -0.39 is 0 Å². The highest BCUT2D eigenvalue weighted by Crippen LogP contribution is 2.21. The predicted octanol–water partition coefficient (Wildman–Crippen LogP) is 2.23. The average Bonchev–Trinajstić information content (AvgIpc) is 2.45. The van der Waals surface area contributed by atoms with Crippen LogP contribution in [0, 0.1) is 0 Å². The van der Waals surface area contributed by atoms with Crippen LogP contribution in [0.1, 0.15) is 5.56 Å². The van der Waals surface area contributed by atoms with Crippen LogP contribution in [0.3, 0.4) is 0 Å². The second-order valence-electron chi connectivity index (χ2n) is 3.53. The molecule has 0 saturated carbocycles. The fraction of sp³-hybridized carbons (Fsp3) is 0.143. The van der Waals surface area contributed by atoms with Crippen LogP contribution in [0.5, 0.6) is 11.5 Å². The lowest BCUT2D eigenvalue weighted by Gasteiger charge is -1.92. The number of hydrogen-bond acceptors (Lipinski definition) is 4. The van der Waals surface area contributed by atoms with E-state index in [2.05, 4.69) is 40.2 Å². The van der Waals surface area contributed by atoms with Gasteiger partial charge in [0.05, 0.1) is 0 Å². The predicted molar refractivity (Wildman–Crippen MR) is 83.9 cm³/mol. The minimum absolute atomic E-state index is 0. The lowest BCUT2D eigenvalue weighted by Crippen LogP contribution is -1.82. The zero-order valence-electron chi connectivity index (χ0n) is 10.9. The molecule has 0 saturated heterocycles. The Kier molecular flexibility index (Phi) is 11.6. The van der Waals surface area contributed by atoms with Crippen molar-refractivity contribution in [2.75, 3.05) is 5.33 Å². The highest BCUT2D eigenvalue weighted by Gasteiger charge is 1.90. The van der Waals surface area contributed by atoms with Gasteiger partial charge in [-0.2, -0.15) is 0 Å². The van der Waals surface area contributed by atoms with Crippen LogP contribution in [0.25, 0.3) is 0 Å². The van der Waals surface area contributed by atoms with Crippen molar-refractivity contribution in [2.24, 2.45) is 0 Å². The molecule has 0 aromatic heterocycles. The summed E-state index contributed by atoms with van der Waals surface area (Å²) in [5.74, 6) is -0.153. The highest BCUT2D eigenvalue weighted by atomic mass is 79.9. The van der Waals surface area contributed by atoms with Crippen molar-refractivity contribution in [1.82, 2.24) is 0 Å². The zero-order chi connectivity index (χ0) is 15.2. The normalized spacial score (nSPS) is 8.55. The SMILES string of the molecule is BrCCc1ccccc1.O[B]O.Oc1ccccc1O. The van der Waals surface area contributed by atoms with Gasteiger partial charge in [-0.05, 0) is 24.1 Å². The van der Waals surface area contributed by atoms with Crippen LogP contribution in [-0.2, 0) is 6.42 Å². The molecule has 0 aliphatic carbocycles. The summed E-state index contributed by atoms with van der Waals surface area (Å²) >= 11 is 3.39. The fourth-order valence-electron chi connectivity index (χ4n) is 1.22. The Labute approximate surface area is 127 Å².